The van der Waals surface area contributed by atoms with E-state index in [4.69, 9.17) is 17.3 Å². The van der Waals surface area contributed by atoms with E-state index in [2.05, 4.69) is 5.32 Å². The Hall–Kier alpha value is -2.00. The minimum Gasteiger partial charge on any atom is -0.398 e. The van der Waals surface area contributed by atoms with Gasteiger partial charge in [-0.25, -0.2) is 0 Å². The number of rotatable bonds is 2. The Bertz CT molecular complexity index is 582. The third-order valence-corrected chi connectivity index (χ3v) is 3.05. The number of anilines is 2. The second-order valence-corrected chi connectivity index (χ2v) is 4.36. The third-order valence-electron chi connectivity index (χ3n) is 2.64. The molecule has 2 aromatic rings. The molecule has 0 unspecified atom stereocenters. The van der Waals surface area contributed by atoms with Crippen molar-refractivity contribution in [2.24, 2.45) is 0 Å². The number of nitrogens with two attached hydrogens (primary N) is 1. The van der Waals surface area contributed by atoms with Crippen LogP contribution < -0.4 is 11.1 Å². The second-order valence-electron chi connectivity index (χ2n) is 3.98. The van der Waals surface area contributed by atoms with Crippen LogP contribution in [0.3, 0.4) is 0 Å². The van der Waals surface area contributed by atoms with Gasteiger partial charge in [-0.05, 0) is 30.7 Å². The third kappa shape index (κ3) is 2.46. The van der Waals surface area contributed by atoms with Gasteiger partial charge in [0.25, 0.3) is 5.91 Å². The number of nitrogens with one attached hydrogen (secondary N) is 1. The largest absolute Gasteiger partial charge is 0.398 e. The van der Waals surface area contributed by atoms with Crippen molar-refractivity contribution in [3.05, 3.63) is 58.6 Å². The summed E-state index contributed by atoms with van der Waals surface area (Å²) >= 11 is 6.07. The first kappa shape index (κ1) is 12.5. The number of benzene rings is 2. The molecule has 0 atom stereocenters. The second kappa shape index (κ2) is 5.10. The molecule has 2 aromatic carbocycles. The number of halogens is 1. The molecule has 0 radical (unpaired) electrons. The highest BCUT2D eigenvalue weighted by molar-refractivity contribution is 6.37. The summed E-state index contributed by atoms with van der Waals surface area (Å²) in [5.74, 6) is -0.254. The quantitative estimate of drug-likeness (QED) is 0.812. The van der Waals surface area contributed by atoms with Crippen LogP contribution in [-0.4, -0.2) is 5.91 Å². The van der Waals surface area contributed by atoms with Crippen molar-refractivity contribution in [3.63, 3.8) is 0 Å². The minimum atomic E-state index is -0.254. The van der Waals surface area contributed by atoms with Crippen LogP contribution in [0.4, 0.5) is 11.4 Å². The minimum absolute atomic E-state index is 0.254. The molecular formula is C14H13ClN2O. The van der Waals surface area contributed by atoms with E-state index in [1.165, 1.54) is 0 Å². The highest BCUT2D eigenvalue weighted by atomic mass is 35.5. The molecule has 92 valence electrons. The van der Waals surface area contributed by atoms with Gasteiger partial charge in [0.15, 0.2) is 0 Å². The first-order chi connectivity index (χ1) is 8.59. The van der Waals surface area contributed by atoms with E-state index in [9.17, 15) is 4.79 Å². The van der Waals surface area contributed by atoms with Gasteiger partial charge >= 0.3 is 0 Å². The van der Waals surface area contributed by atoms with Gasteiger partial charge < -0.3 is 11.1 Å². The van der Waals surface area contributed by atoms with Crippen molar-refractivity contribution >= 4 is 28.9 Å². The van der Waals surface area contributed by atoms with Crippen molar-refractivity contribution in [1.82, 2.24) is 0 Å². The van der Waals surface area contributed by atoms with Crippen LogP contribution in [0.15, 0.2) is 42.5 Å². The van der Waals surface area contributed by atoms with Crippen LogP contribution in [-0.2, 0) is 0 Å². The van der Waals surface area contributed by atoms with Crippen molar-refractivity contribution in [2.45, 2.75) is 6.92 Å². The van der Waals surface area contributed by atoms with E-state index >= 15 is 0 Å². The summed E-state index contributed by atoms with van der Waals surface area (Å²) in [6.45, 7) is 1.82. The SMILES string of the molecule is Cc1ccc(N)c(Cl)c1C(=O)Nc1ccccc1. The standard InChI is InChI=1S/C14H13ClN2O/c1-9-7-8-11(16)13(15)12(9)14(18)17-10-5-3-2-4-6-10/h2-8H,16H2,1H3,(H,17,18). The maximum Gasteiger partial charge on any atom is 0.257 e. The molecule has 0 fully saturated rings. The van der Waals surface area contributed by atoms with Gasteiger partial charge in [0, 0.05) is 5.69 Å². The summed E-state index contributed by atoms with van der Waals surface area (Å²) < 4.78 is 0. The summed E-state index contributed by atoms with van der Waals surface area (Å²) in [5.41, 5.74) is 8.05. The predicted molar refractivity (Wildman–Crippen MR) is 75.0 cm³/mol. The van der Waals surface area contributed by atoms with Gasteiger partial charge in [-0.3, -0.25) is 4.79 Å². The summed E-state index contributed by atoms with van der Waals surface area (Å²) in [5, 5.41) is 3.08. The Morgan fingerprint density at radius 2 is 1.83 bits per heavy atom. The van der Waals surface area contributed by atoms with E-state index in [1.807, 2.05) is 37.3 Å². The molecule has 0 spiro atoms. The van der Waals surface area contributed by atoms with Crippen LogP contribution in [0.1, 0.15) is 15.9 Å². The van der Waals surface area contributed by atoms with Gasteiger partial charge in [0.2, 0.25) is 0 Å². The van der Waals surface area contributed by atoms with Gasteiger partial charge in [0.1, 0.15) is 0 Å². The van der Waals surface area contributed by atoms with E-state index in [1.54, 1.807) is 12.1 Å². The lowest BCUT2D eigenvalue weighted by atomic mass is 10.1. The molecule has 2 rings (SSSR count). The maximum atomic E-state index is 12.2. The molecule has 0 bridgehead atoms. The Kier molecular flexibility index (Phi) is 3.53. The molecule has 0 aliphatic heterocycles. The van der Waals surface area contributed by atoms with E-state index < -0.39 is 0 Å². The number of para-hydroxylation sites is 1. The molecule has 0 saturated carbocycles. The number of nitrogen functional groups attached to an aromatic ring is 1. The fourth-order valence-corrected chi connectivity index (χ4v) is 1.98. The molecule has 1 amide bonds. The number of carbonyl (C=O) groups excluding carboxylic acids is 1. The lowest BCUT2D eigenvalue weighted by Gasteiger charge is -2.11. The van der Waals surface area contributed by atoms with Crippen molar-refractivity contribution < 1.29 is 4.79 Å². The Labute approximate surface area is 111 Å². The monoisotopic (exact) mass is 260 g/mol. The van der Waals surface area contributed by atoms with Crippen LogP contribution in [0.2, 0.25) is 5.02 Å². The maximum absolute atomic E-state index is 12.2. The zero-order chi connectivity index (χ0) is 13.1. The van der Waals surface area contributed by atoms with Crippen molar-refractivity contribution in [1.29, 1.82) is 0 Å². The fourth-order valence-electron chi connectivity index (χ4n) is 1.68. The summed E-state index contributed by atoms with van der Waals surface area (Å²) in [7, 11) is 0. The zero-order valence-corrected chi connectivity index (χ0v) is 10.7. The van der Waals surface area contributed by atoms with Crippen LogP contribution >= 0.6 is 11.6 Å². The van der Waals surface area contributed by atoms with Crippen LogP contribution in [0, 0.1) is 6.92 Å². The fraction of sp³-hybridized carbons (Fsp3) is 0.0714. The molecule has 3 N–H and O–H groups in total. The van der Waals surface area contributed by atoms with Crippen LogP contribution in [0.25, 0.3) is 0 Å². The van der Waals surface area contributed by atoms with Crippen molar-refractivity contribution in [3.8, 4) is 0 Å². The number of amides is 1. The summed E-state index contributed by atoms with van der Waals surface area (Å²) in [6, 6.07) is 12.7. The Morgan fingerprint density at radius 1 is 1.17 bits per heavy atom. The van der Waals surface area contributed by atoms with Gasteiger partial charge in [0.05, 0.1) is 16.3 Å². The lowest BCUT2D eigenvalue weighted by molar-refractivity contribution is 0.102. The average Bonchev–Trinajstić information content (AvgIpc) is 2.36. The molecule has 4 heteroatoms. The van der Waals surface area contributed by atoms with Gasteiger partial charge in [-0.15, -0.1) is 0 Å². The molecule has 3 nitrogen and oxygen atoms in total. The number of hydrogen-bond donors (Lipinski definition) is 2. The molecule has 0 heterocycles. The molecule has 0 aromatic heterocycles. The Balaban J connectivity index is 2.33. The smallest absolute Gasteiger partial charge is 0.257 e. The molecule has 0 aliphatic carbocycles. The zero-order valence-electron chi connectivity index (χ0n) is 9.91. The lowest BCUT2D eigenvalue weighted by Crippen LogP contribution is -2.14. The number of hydrogen-bond acceptors (Lipinski definition) is 2. The highest BCUT2D eigenvalue weighted by Gasteiger charge is 2.15. The highest BCUT2D eigenvalue weighted by Crippen LogP contribution is 2.27. The summed E-state index contributed by atoms with van der Waals surface area (Å²) in [6.07, 6.45) is 0. The normalized spacial score (nSPS) is 10.1. The van der Waals surface area contributed by atoms with E-state index in [0.29, 0.717) is 16.3 Å². The average molecular weight is 261 g/mol. The Morgan fingerprint density at radius 3 is 2.50 bits per heavy atom. The van der Waals surface area contributed by atoms with E-state index in [-0.39, 0.29) is 5.91 Å². The number of carbonyl (C=O) groups is 1. The number of aryl methyl sites for hydroxylation is 1. The predicted octanol–water partition coefficient (Wildman–Crippen LogP) is 3.48. The van der Waals surface area contributed by atoms with Crippen LogP contribution in [0.5, 0.6) is 0 Å². The topological polar surface area (TPSA) is 55.1 Å². The molecule has 0 saturated heterocycles. The van der Waals surface area contributed by atoms with Gasteiger partial charge in [-0.1, -0.05) is 35.9 Å². The first-order valence-corrected chi connectivity index (χ1v) is 5.88. The van der Waals surface area contributed by atoms with Crippen molar-refractivity contribution in [2.75, 3.05) is 11.1 Å². The van der Waals surface area contributed by atoms with E-state index in [0.717, 1.165) is 11.3 Å². The molecule has 0 aliphatic rings. The van der Waals surface area contributed by atoms with Gasteiger partial charge in [-0.2, -0.15) is 0 Å². The molecular weight excluding hydrogens is 248 g/mol. The first-order valence-electron chi connectivity index (χ1n) is 5.50. The molecule has 18 heavy (non-hydrogen) atoms. The summed E-state index contributed by atoms with van der Waals surface area (Å²) in [4.78, 5) is 12.2.